The van der Waals surface area contributed by atoms with Crippen molar-refractivity contribution >= 4 is 17.7 Å². The van der Waals surface area contributed by atoms with Gasteiger partial charge in [0.25, 0.3) is 0 Å². The van der Waals surface area contributed by atoms with E-state index in [0.717, 1.165) is 12.3 Å². The van der Waals surface area contributed by atoms with Gasteiger partial charge in [-0.1, -0.05) is 12.8 Å². The quantitative estimate of drug-likeness (QED) is 0.642. The average Bonchev–Trinajstić information content (AvgIpc) is 3.27. The maximum atomic E-state index is 11.6. The van der Waals surface area contributed by atoms with E-state index in [-0.39, 0.29) is 12.6 Å². The van der Waals surface area contributed by atoms with Crippen LogP contribution in [0.2, 0.25) is 0 Å². The van der Waals surface area contributed by atoms with Crippen LogP contribution in [0.3, 0.4) is 0 Å². The molecular weight excluding hydrogens is 272 g/mol. The molecule has 21 heavy (non-hydrogen) atoms. The monoisotopic (exact) mass is 292 g/mol. The maximum absolute atomic E-state index is 11.6. The molecule has 0 aromatic heterocycles. The number of carbonyl (C=O) groups excluding carboxylic acids is 1. The molecule has 0 spiro atoms. The van der Waals surface area contributed by atoms with E-state index in [1.54, 1.807) is 24.3 Å². The van der Waals surface area contributed by atoms with Crippen molar-refractivity contribution in [1.29, 1.82) is 0 Å². The minimum absolute atomic E-state index is 0.231. The normalized spacial score (nSPS) is 13.5. The van der Waals surface area contributed by atoms with E-state index in [1.807, 2.05) is 0 Å². The third kappa shape index (κ3) is 6.16. The molecule has 1 fully saturated rings. The van der Waals surface area contributed by atoms with Gasteiger partial charge in [-0.05, 0) is 43.0 Å². The van der Waals surface area contributed by atoms with E-state index in [0.29, 0.717) is 18.0 Å². The molecule has 0 aliphatic heterocycles. The fourth-order valence-electron chi connectivity index (χ4n) is 1.95. The number of carboxylic acid groups (broad SMARTS) is 1. The fourth-order valence-corrected chi connectivity index (χ4v) is 1.95. The Morgan fingerprint density at radius 2 is 1.95 bits per heavy atom. The molecule has 1 aliphatic carbocycles. The van der Waals surface area contributed by atoms with Crippen LogP contribution < -0.4 is 15.4 Å². The Bertz CT molecular complexity index is 483. The van der Waals surface area contributed by atoms with E-state index in [4.69, 9.17) is 9.84 Å². The molecule has 2 amide bonds. The Morgan fingerprint density at radius 1 is 1.24 bits per heavy atom. The van der Waals surface area contributed by atoms with Crippen LogP contribution in [0.25, 0.3) is 0 Å². The van der Waals surface area contributed by atoms with Crippen LogP contribution in [0.5, 0.6) is 5.75 Å². The SMILES string of the molecule is O=C(O)COc1ccc(NC(=O)NCCCC2CC2)cc1. The molecule has 1 saturated carbocycles. The molecule has 0 bridgehead atoms. The number of rotatable bonds is 8. The highest BCUT2D eigenvalue weighted by Gasteiger charge is 2.20. The van der Waals surface area contributed by atoms with Crippen molar-refractivity contribution in [3.05, 3.63) is 24.3 Å². The molecule has 0 radical (unpaired) electrons. The Labute approximate surface area is 123 Å². The summed E-state index contributed by atoms with van der Waals surface area (Å²) in [5, 5.41) is 14.0. The number of amides is 2. The molecule has 0 atom stereocenters. The van der Waals surface area contributed by atoms with E-state index in [1.165, 1.54) is 19.3 Å². The second-order valence-corrected chi connectivity index (χ2v) is 5.17. The zero-order chi connectivity index (χ0) is 15.1. The van der Waals surface area contributed by atoms with Gasteiger partial charge in [0.1, 0.15) is 5.75 Å². The van der Waals surface area contributed by atoms with Gasteiger partial charge in [0.15, 0.2) is 6.61 Å². The van der Waals surface area contributed by atoms with Gasteiger partial charge in [-0.15, -0.1) is 0 Å². The Morgan fingerprint density at radius 3 is 2.57 bits per heavy atom. The van der Waals surface area contributed by atoms with Gasteiger partial charge in [0.05, 0.1) is 0 Å². The van der Waals surface area contributed by atoms with Crippen molar-refractivity contribution in [3.63, 3.8) is 0 Å². The lowest BCUT2D eigenvalue weighted by atomic mass is 10.2. The number of benzene rings is 1. The Kier molecular flexibility index (Phi) is 5.43. The molecule has 0 saturated heterocycles. The number of aliphatic carboxylic acids is 1. The van der Waals surface area contributed by atoms with Gasteiger partial charge in [-0.3, -0.25) is 0 Å². The molecule has 3 N–H and O–H groups in total. The predicted octanol–water partition coefficient (Wildman–Crippen LogP) is 2.46. The van der Waals surface area contributed by atoms with Crippen molar-refractivity contribution in [3.8, 4) is 5.75 Å². The van der Waals surface area contributed by atoms with Crippen LogP contribution in [0, 0.1) is 5.92 Å². The summed E-state index contributed by atoms with van der Waals surface area (Å²) in [4.78, 5) is 22.0. The molecule has 6 nitrogen and oxygen atoms in total. The summed E-state index contributed by atoms with van der Waals surface area (Å²) < 4.78 is 5.01. The highest BCUT2D eigenvalue weighted by molar-refractivity contribution is 5.89. The summed E-state index contributed by atoms with van der Waals surface area (Å²) >= 11 is 0. The average molecular weight is 292 g/mol. The number of urea groups is 1. The third-order valence-corrected chi connectivity index (χ3v) is 3.25. The molecular formula is C15H20N2O4. The smallest absolute Gasteiger partial charge is 0.341 e. The summed E-state index contributed by atoms with van der Waals surface area (Å²) in [5.74, 6) is 0.309. The summed E-state index contributed by atoms with van der Waals surface area (Å²) in [5.41, 5.74) is 0.636. The lowest BCUT2D eigenvalue weighted by Gasteiger charge is -2.08. The zero-order valence-corrected chi connectivity index (χ0v) is 11.8. The number of hydrogen-bond donors (Lipinski definition) is 3. The number of hydrogen-bond acceptors (Lipinski definition) is 3. The second kappa shape index (κ2) is 7.52. The maximum Gasteiger partial charge on any atom is 0.341 e. The highest BCUT2D eigenvalue weighted by Crippen LogP contribution is 2.33. The molecule has 1 aromatic rings. The summed E-state index contributed by atoms with van der Waals surface area (Å²) in [7, 11) is 0. The number of carbonyl (C=O) groups is 2. The summed E-state index contributed by atoms with van der Waals surface area (Å²) in [6.45, 7) is 0.302. The Balaban J connectivity index is 1.66. The van der Waals surface area contributed by atoms with Crippen LogP contribution in [0.15, 0.2) is 24.3 Å². The summed E-state index contributed by atoms with van der Waals surface area (Å²) in [6, 6.07) is 6.34. The molecule has 114 valence electrons. The molecule has 2 rings (SSSR count). The van der Waals surface area contributed by atoms with E-state index in [2.05, 4.69) is 10.6 Å². The van der Waals surface area contributed by atoms with Crippen molar-refractivity contribution < 1.29 is 19.4 Å². The number of nitrogens with one attached hydrogen (secondary N) is 2. The largest absolute Gasteiger partial charge is 0.482 e. The van der Waals surface area contributed by atoms with Crippen molar-refractivity contribution in [2.75, 3.05) is 18.5 Å². The molecule has 0 heterocycles. The fraction of sp³-hybridized carbons (Fsp3) is 0.467. The van der Waals surface area contributed by atoms with Crippen molar-refractivity contribution in [2.24, 2.45) is 5.92 Å². The van der Waals surface area contributed by atoms with Gasteiger partial charge < -0.3 is 20.5 Å². The van der Waals surface area contributed by atoms with Gasteiger partial charge in [-0.2, -0.15) is 0 Å². The number of carboxylic acids is 1. The first-order valence-electron chi connectivity index (χ1n) is 7.13. The second-order valence-electron chi connectivity index (χ2n) is 5.17. The number of ether oxygens (including phenoxy) is 1. The van der Waals surface area contributed by atoms with Gasteiger partial charge in [0, 0.05) is 12.2 Å². The van der Waals surface area contributed by atoms with Crippen LogP contribution in [-0.4, -0.2) is 30.3 Å². The molecule has 1 aromatic carbocycles. The van der Waals surface area contributed by atoms with E-state index in [9.17, 15) is 9.59 Å². The minimum Gasteiger partial charge on any atom is -0.482 e. The van der Waals surface area contributed by atoms with Crippen molar-refractivity contribution in [2.45, 2.75) is 25.7 Å². The first-order chi connectivity index (χ1) is 10.1. The van der Waals surface area contributed by atoms with Crippen LogP contribution >= 0.6 is 0 Å². The van der Waals surface area contributed by atoms with Gasteiger partial charge in [-0.25, -0.2) is 9.59 Å². The number of anilines is 1. The standard InChI is InChI=1S/C15H20N2O4/c18-14(19)10-21-13-7-5-12(6-8-13)17-15(20)16-9-1-2-11-3-4-11/h5-8,11H,1-4,9-10H2,(H,18,19)(H2,16,17,20). The van der Waals surface area contributed by atoms with Crippen LogP contribution in [-0.2, 0) is 4.79 Å². The van der Waals surface area contributed by atoms with Crippen LogP contribution in [0.4, 0.5) is 10.5 Å². The lowest BCUT2D eigenvalue weighted by molar-refractivity contribution is -0.139. The minimum atomic E-state index is -1.03. The molecule has 1 aliphatic rings. The molecule has 6 heteroatoms. The Hall–Kier alpha value is -2.24. The summed E-state index contributed by atoms with van der Waals surface area (Å²) in [6.07, 6.45) is 4.88. The highest BCUT2D eigenvalue weighted by atomic mass is 16.5. The zero-order valence-electron chi connectivity index (χ0n) is 11.8. The first kappa shape index (κ1) is 15.2. The first-order valence-corrected chi connectivity index (χ1v) is 7.13. The third-order valence-electron chi connectivity index (χ3n) is 3.25. The lowest BCUT2D eigenvalue weighted by Crippen LogP contribution is -2.29. The van der Waals surface area contributed by atoms with E-state index < -0.39 is 5.97 Å². The van der Waals surface area contributed by atoms with Gasteiger partial charge >= 0.3 is 12.0 Å². The molecule has 0 unspecified atom stereocenters. The predicted molar refractivity (Wildman–Crippen MR) is 78.6 cm³/mol. The van der Waals surface area contributed by atoms with E-state index >= 15 is 0 Å². The topological polar surface area (TPSA) is 87.7 Å². The van der Waals surface area contributed by atoms with Crippen molar-refractivity contribution in [1.82, 2.24) is 5.32 Å². The van der Waals surface area contributed by atoms with Gasteiger partial charge in [0.2, 0.25) is 0 Å². The van der Waals surface area contributed by atoms with Crippen LogP contribution in [0.1, 0.15) is 25.7 Å².